The van der Waals surface area contributed by atoms with Crippen molar-refractivity contribution in [3.05, 3.63) is 83.9 Å². The first kappa shape index (κ1) is 12.8. The fourth-order valence-corrected chi connectivity index (χ4v) is 2.28. The lowest BCUT2D eigenvalue weighted by atomic mass is 10.0. The number of benzene rings is 3. The summed E-state index contributed by atoms with van der Waals surface area (Å²) >= 11 is 5.91. The van der Waals surface area contributed by atoms with E-state index in [-0.39, 0.29) is 0 Å². The molecule has 20 heavy (non-hydrogen) atoms. The second-order valence-electron chi connectivity index (χ2n) is 4.54. The fraction of sp³-hybridized carbons (Fsp3) is 0. The van der Waals surface area contributed by atoms with Gasteiger partial charge in [-0.25, -0.2) is 0 Å². The Morgan fingerprint density at radius 1 is 0.650 bits per heavy atom. The molecule has 3 aromatic carbocycles. The van der Waals surface area contributed by atoms with Crippen LogP contribution in [0, 0.1) is 0 Å². The Labute approximate surface area is 123 Å². The van der Waals surface area contributed by atoms with Gasteiger partial charge in [-0.05, 0) is 35.9 Å². The van der Waals surface area contributed by atoms with Crippen LogP contribution in [0.15, 0.2) is 78.9 Å². The summed E-state index contributed by atoms with van der Waals surface area (Å²) in [5.74, 6) is 0. The van der Waals surface area contributed by atoms with Crippen LogP contribution in [0.1, 0.15) is 0 Å². The van der Waals surface area contributed by atoms with Crippen molar-refractivity contribution in [2.24, 2.45) is 0 Å². The number of nitrogens with one attached hydrogen (secondary N) is 1. The molecule has 0 aliphatic carbocycles. The Kier molecular flexibility index (Phi) is 3.71. The molecule has 3 aromatic rings. The van der Waals surface area contributed by atoms with Gasteiger partial charge in [0.25, 0.3) is 0 Å². The second-order valence-corrected chi connectivity index (χ2v) is 4.98. The molecule has 0 aliphatic heterocycles. The van der Waals surface area contributed by atoms with Crippen molar-refractivity contribution < 1.29 is 0 Å². The third-order valence-corrected chi connectivity index (χ3v) is 3.39. The Morgan fingerprint density at radius 3 is 2.05 bits per heavy atom. The van der Waals surface area contributed by atoms with Crippen LogP contribution < -0.4 is 5.32 Å². The number of para-hydroxylation sites is 1. The molecule has 0 amide bonds. The lowest BCUT2D eigenvalue weighted by Crippen LogP contribution is -1.92. The summed E-state index contributed by atoms with van der Waals surface area (Å²) in [5, 5.41) is 4.18. The Morgan fingerprint density at radius 2 is 1.30 bits per heavy atom. The smallest absolute Gasteiger partial charge is 0.0463 e. The van der Waals surface area contributed by atoms with Gasteiger partial charge in [-0.3, -0.25) is 0 Å². The van der Waals surface area contributed by atoms with Crippen LogP contribution in [0.25, 0.3) is 11.1 Å². The number of rotatable bonds is 3. The van der Waals surface area contributed by atoms with E-state index in [0.29, 0.717) is 0 Å². The average Bonchev–Trinajstić information content (AvgIpc) is 2.51. The molecule has 2 heteroatoms. The molecule has 0 bridgehead atoms. The first-order chi connectivity index (χ1) is 9.83. The maximum Gasteiger partial charge on any atom is 0.0463 e. The molecule has 3 rings (SSSR count). The highest BCUT2D eigenvalue weighted by Crippen LogP contribution is 2.30. The first-order valence-corrected chi connectivity index (χ1v) is 6.88. The molecule has 0 unspecified atom stereocenters. The molecule has 1 nitrogen and oxygen atoms in total. The zero-order valence-electron chi connectivity index (χ0n) is 10.9. The van der Waals surface area contributed by atoms with Crippen LogP contribution >= 0.6 is 11.6 Å². The van der Waals surface area contributed by atoms with Crippen LogP contribution in [-0.4, -0.2) is 0 Å². The molecule has 0 spiro atoms. The summed E-state index contributed by atoms with van der Waals surface area (Å²) in [7, 11) is 0. The van der Waals surface area contributed by atoms with Crippen molar-refractivity contribution in [1.29, 1.82) is 0 Å². The molecule has 0 aromatic heterocycles. The normalized spacial score (nSPS) is 10.2. The maximum absolute atomic E-state index is 5.91. The van der Waals surface area contributed by atoms with Crippen LogP contribution in [-0.2, 0) is 0 Å². The fourth-order valence-electron chi connectivity index (χ4n) is 2.15. The maximum atomic E-state index is 5.91. The van der Waals surface area contributed by atoms with Crippen molar-refractivity contribution in [3.8, 4) is 11.1 Å². The second kappa shape index (κ2) is 5.81. The van der Waals surface area contributed by atoms with Gasteiger partial charge < -0.3 is 5.32 Å². The van der Waals surface area contributed by atoms with Gasteiger partial charge in [0.05, 0.1) is 0 Å². The van der Waals surface area contributed by atoms with Crippen molar-refractivity contribution in [3.63, 3.8) is 0 Å². The molecule has 0 atom stereocenters. The van der Waals surface area contributed by atoms with Gasteiger partial charge in [-0.15, -0.1) is 0 Å². The van der Waals surface area contributed by atoms with Crippen molar-refractivity contribution >= 4 is 23.0 Å². The number of hydrogen-bond donors (Lipinski definition) is 1. The summed E-state index contributed by atoms with van der Waals surface area (Å²) in [6.45, 7) is 0. The molecule has 0 radical (unpaired) electrons. The number of anilines is 2. The molecule has 98 valence electrons. The van der Waals surface area contributed by atoms with Gasteiger partial charge in [0, 0.05) is 22.0 Å². The monoisotopic (exact) mass is 279 g/mol. The minimum Gasteiger partial charge on any atom is -0.355 e. The molecule has 1 N–H and O–H groups in total. The van der Waals surface area contributed by atoms with Crippen LogP contribution in [0.4, 0.5) is 11.4 Å². The average molecular weight is 280 g/mol. The molecule has 0 aliphatic rings. The highest BCUT2D eigenvalue weighted by molar-refractivity contribution is 6.30. The van der Waals surface area contributed by atoms with Crippen LogP contribution in [0.3, 0.4) is 0 Å². The van der Waals surface area contributed by atoms with Crippen molar-refractivity contribution in [1.82, 2.24) is 0 Å². The Hall–Kier alpha value is -2.25. The summed E-state index contributed by atoms with van der Waals surface area (Å²) in [4.78, 5) is 0. The zero-order valence-corrected chi connectivity index (χ0v) is 11.6. The van der Waals surface area contributed by atoms with E-state index in [1.807, 2.05) is 36.4 Å². The Bertz CT molecular complexity index is 690. The highest BCUT2D eigenvalue weighted by atomic mass is 35.5. The van der Waals surface area contributed by atoms with E-state index in [1.165, 1.54) is 11.1 Å². The van der Waals surface area contributed by atoms with Gasteiger partial charge in [-0.2, -0.15) is 0 Å². The van der Waals surface area contributed by atoms with Gasteiger partial charge in [-0.1, -0.05) is 60.1 Å². The SMILES string of the molecule is Clc1ccc(Nc2ccccc2-c2ccccc2)cc1. The zero-order chi connectivity index (χ0) is 13.8. The van der Waals surface area contributed by atoms with E-state index in [9.17, 15) is 0 Å². The lowest BCUT2D eigenvalue weighted by molar-refractivity contribution is 1.53. The summed E-state index contributed by atoms with van der Waals surface area (Å²) in [5.41, 5.74) is 4.49. The number of hydrogen-bond acceptors (Lipinski definition) is 1. The van der Waals surface area contributed by atoms with Gasteiger partial charge >= 0.3 is 0 Å². The van der Waals surface area contributed by atoms with Gasteiger partial charge in [0.2, 0.25) is 0 Å². The van der Waals surface area contributed by atoms with Crippen molar-refractivity contribution in [2.45, 2.75) is 0 Å². The molecule has 0 saturated heterocycles. The minimum atomic E-state index is 0.742. The summed E-state index contributed by atoms with van der Waals surface area (Å²) in [6.07, 6.45) is 0. The van der Waals surface area contributed by atoms with Gasteiger partial charge in [0.1, 0.15) is 0 Å². The minimum absolute atomic E-state index is 0.742. The van der Waals surface area contributed by atoms with E-state index < -0.39 is 0 Å². The van der Waals surface area contributed by atoms with Gasteiger partial charge in [0.15, 0.2) is 0 Å². The largest absolute Gasteiger partial charge is 0.355 e. The van der Waals surface area contributed by atoms with Crippen LogP contribution in [0.2, 0.25) is 5.02 Å². The third-order valence-electron chi connectivity index (χ3n) is 3.14. The quantitative estimate of drug-likeness (QED) is 0.643. The molecular formula is C18H14ClN. The van der Waals surface area contributed by atoms with E-state index in [4.69, 9.17) is 11.6 Å². The van der Waals surface area contributed by atoms with E-state index in [2.05, 4.69) is 47.8 Å². The standard InChI is InChI=1S/C18H14ClN/c19-15-10-12-16(13-11-15)20-18-9-5-4-8-17(18)14-6-2-1-3-7-14/h1-13,20H. The highest BCUT2D eigenvalue weighted by Gasteiger charge is 2.04. The summed E-state index contributed by atoms with van der Waals surface area (Å²) < 4.78 is 0. The van der Waals surface area contributed by atoms with E-state index in [0.717, 1.165) is 16.4 Å². The summed E-state index contributed by atoms with van der Waals surface area (Å²) in [6, 6.07) is 26.4. The van der Waals surface area contributed by atoms with E-state index >= 15 is 0 Å². The molecule has 0 heterocycles. The Balaban J connectivity index is 1.96. The van der Waals surface area contributed by atoms with Crippen molar-refractivity contribution in [2.75, 3.05) is 5.32 Å². The van der Waals surface area contributed by atoms with E-state index in [1.54, 1.807) is 0 Å². The predicted octanol–water partition coefficient (Wildman–Crippen LogP) is 5.75. The number of halogens is 1. The first-order valence-electron chi connectivity index (χ1n) is 6.50. The molecule has 0 fully saturated rings. The van der Waals surface area contributed by atoms with Crippen LogP contribution in [0.5, 0.6) is 0 Å². The molecule has 0 saturated carbocycles. The predicted molar refractivity (Wildman–Crippen MR) is 86.6 cm³/mol. The molecular weight excluding hydrogens is 266 g/mol. The third kappa shape index (κ3) is 2.84. The lowest BCUT2D eigenvalue weighted by Gasteiger charge is -2.12. The topological polar surface area (TPSA) is 12.0 Å².